The lowest BCUT2D eigenvalue weighted by Gasteiger charge is -2.08. The third-order valence-electron chi connectivity index (χ3n) is 3.06. The van der Waals surface area contributed by atoms with E-state index in [0.29, 0.717) is 11.4 Å². The summed E-state index contributed by atoms with van der Waals surface area (Å²) < 4.78 is 0.988. The third kappa shape index (κ3) is 3.46. The smallest absolute Gasteiger partial charge is 0.167 e. The molecule has 2 aromatic rings. The molecular weight excluding hydrogens is 324 g/mol. The minimum Gasteiger partial charge on any atom is -0.294 e. The Bertz CT molecular complexity index is 635. The highest BCUT2D eigenvalue weighted by atomic mass is 79.9. The van der Waals surface area contributed by atoms with Crippen LogP contribution in [0.4, 0.5) is 0 Å². The van der Waals surface area contributed by atoms with Crippen molar-refractivity contribution in [3.05, 3.63) is 68.1 Å². The van der Waals surface area contributed by atoms with Crippen molar-refractivity contribution >= 4 is 33.3 Å². The standard InChI is InChI=1S/C16H14BrClO/c1-10-7-15(18)11(2)6-14(10)16(19)9-12-4-3-5-13(17)8-12/h3-8H,9H2,1-2H3. The minimum atomic E-state index is 0.121. The van der Waals surface area contributed by atoms with Crippen LogP contribution in [0.5, 0.6) is 0 Å². The SMILES string of the molecule is Cc1cc(C(=O)Cc2cccc(Br)c2)c(C)cc1Cl. The van der Waals surface area contributed by atoms with Crippen LogP contribution in [0.25, 0.3) is 0 Å². The number of Topliss-reactive ketones (excluding diaryl/α,β-unsaturated/α-hetero) is 1. The number of carbonyl (C=O) groups is 1. The molecule has 0 spiro atoms. The van der Waals surface area contributed by atoms with E-state index in [1.165, 1.54) is 0 Å². The molecule has 1 nitrogen and oxygen atoms in total. The van der Waals surface area contributed by atoms with Crippen LogP contribution in [0.1, 0.15) is 27.0 Å². The van der Waals surface area contributed by atoms with Crippen molar-refractivity contribution in [3.8, 4) is 0 Å². The lowest BCUT2D eigenvalue weighted by atomic mass is 9.97. The predicted octanol–water partition coefficient (Wildman–Crippen LogP) is 5.14. The molecule has 0 aromatic heterocycles. The van der Waals surface area contributed by atoms with Crippen LogP contribution < -0.4 is 0 Å². The summed E-state index contributed by atoms with van der Waals surface area (Å²) in [6.45, 7) is 3.83. The maximum atomic E-state index is 12.4. The Balaban J connectivity index is 2.28. The van der Waals surface area contributed by atoms with Crippen LogP contribution in [0.3, 0.4) is 0 Å². The van der Waals surface area contributed by atoms with Gasteiger partial charge in [0.05, 0.1) is 0 Å². The van der Waals surface area contributed by atoms with Gasteiger partial charge in [-0.25, -0.2) is 0 Å². The highest BCUT2D eigenvalue weighted by Gasteiger charge is 2.12. The Morgan fingerprint density at radius 2 is 1.89 bits per heavy atom. The quantitative estimate of drug-likeness (QED) is 0.708. The van der Waals surface area contributed by atoms with Gasteiger partial charge in [-0.2, -0.15) is 0 Å². The summed E-state index contributed by atoms with van der Waals surface area (Å²) in [7, 11) is 0. The van der Waals surface area contributed by atoms with Gasteiger partial charge in [0.2, 0.25) is 0 Å². The molecule has 0 aliphatic rings. The first-order valence-electron chi connectivity index (χ1n) is 6.02. The number of aryl methyl sites for hydroxylation is 2. The van der Waals surface area contributed by atoms with Crippen molar-refractivity contribution in [2.24, 2.45) is 0 Å². The van der Waals surface area contributed by atoms with Crippen molar-refractivity contribution < 1.29 is 4.79 Å². The fourth-order valence-corrected chi connectivity index (χ4v) is 2.67. The molecule has 0 amide bonds. The topological polar surface area (TPSA) is 17.1 Å². The number of rotatable bonds is 3. The van der Waals surface area contributed by atoms with E-state index < -0.39 is 0 Å². The van der Waals surface area contributed by atoms with E-state index in [1.807, 2.05) is 50.2 Å². The molecule has 0 fully saturated rings. The molecule has 0 N–H and O–H groups in total. The van der Waals surface area contributed by atoms with Gasteiger partial charge in [-0.3, -0.25) is 4.79 Å². The summed E-state index contributed by atoms with van der Waals surface area (Å²) in [4.78, 5) is 12.4. The molecule has 0 saturated carbocycles. The van der Waals surface area contributed by atoms with Crippen molar-refractivity contribution in [2.45, 2.75) is 20.3 Å². The van der Waals surface area contributed by atoms with Gasteiger partial charge < -0.3 is 0 Å². The fraction of sp³-hybridized carbons (Fsp3) is 0.188. The summed E-state index contributed by atoms with van der Waals surface area (Å²) >= 11 is 9.47. The van der Waals surface area contributed by atoms with Gasteiger partial charge in [0.25, 0.3) is 0 Å². The van der Waals surface area contributed by atoms with Crippen molar-refractivity contribution in [3.63, 3.8) is 0 Å². The van der Waals surface area contributed by atoms with Crippen molar-refractivity contribution in [1.29, 1.82) is 0 Å². The fourth-order valence-electron chi connectivity index (χ4n) is 2.01. The molecule has 0 heterocycles. The van der Waals surface area contributed by atoms with Crippen LogP contribution in [0.15, 0.2) is 40.9 Å². The van der Waals surface area contributed by atoms with Gasteiger partial charge in [-0.1, -0.05) is 39.7 Å². The summed E-state index contributed by atoms with van der Waals surface area (Å²) in [5.41, 5.74) is 3.62. The maximum Gasteiger partial charge on any atom is 0.167 e. The van der Waals surface area contributed by atoms with Crippen LogP contribution >= 0.6 is 27.5 Å². The number of hydrogen-bond acceptors (Lipinski definition) is 1. The van der Waals surface area contributed by atoms with Gasteiger partial charge in [0.1, 0.15) is 0 Å². The average Bonchev–Trinajstić information content (AvgIpc) is 2.33. The van der Waals surface area contributed by atoms with Crippen LogP contribution in [0.2, 0.25) is 5.02 Å². The largest absolute Gasteiger partial charge is 0.294 e. The average molecular weight is 338 g/mol. The van der Waals surface area contributed by atoms with E-state index in [0.717, 1.165) is 26.7 Å². The number of hydrogen-bond donors (Lipinski definition) is 0. The molecule has 0 unspecified atom stereocenters. The second-order valence-corrected chi connectivity index (χ2v) is 5.97. The van der Waals surface area contributed by atoms with Gasteiger partial charge in [-0.05, 0) is 54.8 Å². The Kier molecular flexibility index (Phi) is 4.43. The summed E-state index contributed by atoms with van der Waals surface area (Å²) in [6, 6.07) is 11.5. The molecular formula is C16H14BrClO. The summed E-state index contributed by atoms with van der Waals surface area (Å²) in [5, 5.41) is 0.705. The Labute approximate surface area is 126 Å². The number of halogens is 2. The van der Waals surface area contributed by atoms with Crippen LogP contribution in [-0.2, 0) is 6.42 Å². The van der Waals surface area contributed by atoms with Gasteiger partial charge in [0.15, 0.2) is 5.78 Å². The normalized spacial score (nSPS) is 10.5. The third-order valence-corrected chi connectivity index (χ3v) is 3.96. The zero-order chi connectivity index (χ0) is 14.0. The maximum absolute atomic E-state index is 12.4. The van der Waals surface area contributed by atoms with Gasteiger partial charge in [-0.15, -0.1) is 0 Å². The molecule has 98 valence electrons. The Hall–Kier alpha value is -1.12. The molecule has 0 saturated heterocycles. The highest BCUT2D eigenvalue weighted by Crippen LogP contribution is 2.22. The predicted molar refractivity (Wildman–Crippen MR) is 83.1 cm³/mol. The van der Waals surface area contributed by atoms with Crippen LogP contribution in [-0.4, -0.2) is 5.78 Å². The lowest BCUT2D eigenvalue weighted by molar-refractivity contribution is 0.0992. The van der Waals surface area contributed by atoms with E-state index in [-0.39, 0.29) is 5.78 Å². The zero-order valence-corrected chi connectivity index (χ0v) is 13.2. The number of ketones is 1. The summed E-state index contributed by atoms with van der Waals surface area (Å²) in [6.07, 6.45) is 0.404. The molecule has 0 radical (unpaired) electrons. The molecule has 0 aliphatic carbocycles. The first-order valence-corrected chi connectivity index (χ1v) is 7.19. The molecule has 0 aliphatic heterocycles. The minimum absolute atomic E-state index is 0.121. The Morgan fingerprint density at radius 1 is 1.16 bits per heavy atom. The molecule has 19 heavy (non-hydrogen) atoms. The van der Waals surface area contributed by atoms with E-state index in [2.05, 4.69) is 15.9 Å². The molecule has 3 heteroatoms. The van der Waals surface area contributed by atoms with E-state index in [9.17, 15) is 4.79 Å². The highest BCUT2D eigenvalue weighted by molar-refractivity contribution is 9.10. The first-order chi connectivity index (χ1) is 8.97. The molecule has 0 bridgehead atoms. The zero-order valence-electron chi connectivity index (χ0n) is 10.8. The second-order valence-electron chi connectivity index (χ2n) is 4.65. The monoisotopic (exact) mass is 336 g/mol. The molecule has 2 rings (SSSR count). The van der Waals surface area contributed by atoms with Crippen molar-refractivity contribution in [2.75, 3.05) is 0 Å². The molecule has 2 aromatic carbocycles. The van der Waals surface area contributed by atoms with Gasteiger partial charge >= 0.3 is 0 Å². The Morgan fingerprint density at radius 3 is 2.58 bits per heavy atom. The van der Waals surface area contributed by atoms with Crippen LogP contribution in [0, 0.1) is 13.8 Å². The second kappa shape index (κ2) is 5.89. The van der Waals surface area contributed by atoms with Crippen molar-refractivity contribution in [1.82, 2.24) is 0 Å². The lowest BCUT2D eigenvalue weighted by Crippen LogP contribution is -2.06. The van der Waals surface area contributed by atoms with E-state index >= 15 is 0 Å². The van der Waals surface area contributed by atoms with E-state index in [1.54, 1.807) is 0 Å². The summed E-state index contributed by atoms with van der Waals surface area (Å²) in [5.74, 6) is 0.121. The van der Waals surface area contributed by atoms with E-state index in [4.69, 9.17) is 11.6 Å². The number of carbonyl (C=O) groups excluding carboxylic acids is 1. The molecule has 0 atom stereocenters. The number of benzene rings is 2. The first kappa shape index (κ1) is 14.3. The van der Waals surface area contributed by atoms with Gasteiger partial charge in [0, 0.05) is 21.5 Å².